The van der Waals surface area contributed by atoms with Crippen LogP contribution >= 0.6 is 0 Å². The van der Waals surface area contributed by atoms with Crippen LogP contribution in [0.5, 0.6) is 5.75 Å². The summed E-state index contributed by atoms with van der Waals surface area (Å²) in [6.45, 7) is 1.49. The molecule has 0 saturated carbocycles. The molecule has 1 amide bonds. The minimum absolute atomic E-state index is 0.0172. The van der Waals surface area contributed by atoms with E-state index in [1.165, 1.54) is 19.1 Å². The van der Waals surface area contributed by atoms with Crippen LogP contribution in [0, 0.1) is 0 Å². The van der Waals surface area contributed by atoms with Crippen molar-refractivity contribution in [2.45, 2.75) is 44.7 Å². The van der Waals surface area contributed by atoms with Gasteiger partial charge in [0.1, 0.15) is 11.5 Å². The number of amides is 1. The fourth-order valence-corrected chi connectivity index (χ4v) is 2.59. The Morgan fingerprint density at radius 1 is 1.41 bits per heavy atom. The van der Waals surface area contributed by atoms with E-state index in [4.69, 9.17) is 4.65 Å². The number of hydrogen-bond donors (Lipinski definition) is 3. The molecule has 0 aromatic heterocycles. The lowest BCUT2D eigenvalue weighted by Gasteiger charge is -2.31. The van der Waals surface area contributed by atoms with E-state index in [-0.39, 0.29) is 36.4 Å². The lowest BCUT2D eigenvalue weighted by molar-refractivity contribution is -0.122. The summed E-state index contributed by atoms with van der Waals surface area (Å²) in [4.78, 5) is 23.0. The van der Waals surface area contributed by atoms with E-state index in [0.717, 1.165) is 0 Å². The number of aromatic hydroxyl groups is 1. The van der Waals surface area contributed by atoms with Crippen molar-refractivity contribution >= 4 is 18.8 Å². The number of carbonyl (C=O) groups is 2. The zero-order chi connectivity index (χ0) is 16.1. The standard InChI is InChI=1S/C15H20BNO5/c1-10(18)7-13-5-6-14(16(21)22-13)17-15(20)9-11-3-2-4-12(19)8-11/h2-4,8,13-14,19,21H,5-7,9H2,1H3,(H,17,20)/t13-,14-/m0/s1. The van der Waals surface area contributed by atoms with Crippen LogP contribution in [0.15, 0.2) is 24.3 Å². The molecule has 1 heterocycles. The van der Waals surface area contributed by atoms with Gasteiger partial charge in [0.25, 0.3) is 0 Å². The van der Waals surface area contributed by atoms with Crippen molar-refractivity contribution in [1.29, 1.82) is 0 Å². The van der Waals surface area contributed by atoms with Crippen LogP contribution in [0.25, 0.3) is 0 Å². The Morgan fingerprint density at radius 2 is 2.18 bits per heavy atom. The van der Waals surface area contributed by atoms with Crippen LogP contribution in [-0.4, -0.2) is 41.0 Å². The largest absolute Gasteiger partial charge is 0.508 e. The maximum Gasteiger partial charge on any atom is 0.478 e. The number of hydrogen-bond acceptors (Lipinski definition) is 5. The van der Waals surface area contributed by atoms with Gasteiger partial charge in [-0.3, -0.25) is 9.59 Å². The summed E-state index contributed by atoms with van der Waals surface area (Å²) in [5.41, 5.74) is 0.693. The first-order valence-electron chi connectivity index (χ1n) is 7.34. The van der Waals surface area contributed by atoms with Crippen LogP contribution in [-0.2, 0) is 20.7 Å². The maximum atomic E-state index is 12.0. The number of phenols is 1. The van der Waals surface area contributed by atoms with E-state index in [0.29, 0.717) is 18.4 Å². The van der Waals surface area contributed by atoms with Gasteiger partial charge in [-0.2, -0.15) is 0 Å². The van der Waals surface area contributed by atoms with Gasteiger partial charge < -0.3 is 20.1 Å². The molecule has 1 saturated heterocycles. The first-order chi connectivity index (χ1) is 10.4. The van der Waals surface area contributed by atoms with Crippen molar-refractivity contribution in [2.75, 3.05) is 0 Å². The zero-order valence-electron chi connectivity index (χ0n) is 12.5. The summed E-state index contributed by atoms with van der Waals surface area (Å²) in [7, 11) is -1.11. The second kappa shape index (κ2) is 7.42. The molecule has 2 atom stereocenters. The van der Waals surface area contributed by atoms with Gasteiger partial charge >= 0.3 is 7.12 Å². The van der Waals surface area contributed by atoms with Gasteiger partial charge in [-0.1, -0.05) is 12.1 Å². The van der Waals surface area contributed by atoms with Crippen molar-refractivity contribution in [3.63, 3.8) is 0 Å². The molecule has 1 aliphatic rings. The topological polar surface area (TPSA) is 95.9 Å². The fraction of sp³-hybridized carbons (Fsp3) is 0.467. The summed E-state index contributed by atoms with van der Waals surface area (Å²) in [6.07, 6.45) is 1.29. The van der Waals surface area contributed by atoms with Gasteiger partial charge in [0, 0.05) is 12.5 Å². The molecule has 0 aliphatic carbocycles. The van der Waals surface area contributed by atoms with Crippen LogP contribution in [0.3, 0.4) is 0 Å². The zero-order valence-corrected chi connectivity index (χ0v) is 12.5. The van der Waals surface area contributed by atoms with Crippen molar-refractivity contribution in [2.24, 2.45) is 0 Å². The predicted octanol–water partition coefficient (Wildman–Crippen LogP) is 0.597. The van der Waals surface area contributed by atoms with Gasteiger partial charge in [0.15, 0.2) is 0 Å². The summed E-state index contributed by atoms with van der Waals surface area (Å²) in [6, 6.07) is 6.48. The van der Waals surface area contributed by atoms with Crippen LogP contribution < -0.4 is 5.32 Å². The van der Waals surface area contributed by atoms with E-state index in [1.54, 1.807) is 12.1 Å². The Hall–Kier alpha value is -1.86. The van der Waals surface area contributed by atoms with Crippen molar-refractivity contribution in [3.05, 3.63) is 29.8 Å². The number of Topliss-reactive ketones (excluding diaryl/α,β-unsaturated/α-hetero) is 1. The number of benzene rings is 1. The van der Waals surface area contributed by atoms with E-state index in [2.05, 4.69) is 5.32 Å². The molecule has 0 radical (unpaired) electrons. The smallest absolute Gasteiger partial charge is 0.478 e. The second-order valence-corrected chi connectivity index (χ2v) is 5.65. The molecule has 2 rings (SSSR count). The summed E-state index contributed by atoms with van der Waals surface area (Å²) >= 11 is 0. The second-order valence-electron chi connectivity index (χ2n) is 5.65. The Balaban J connectivity index is 1.83. The van der Waals surface area contributed by atoms with Gasteiger partial charge in [-0.05, 0) is 37.5 Å². The quantitative estimate of drug-likeness (QED) is 0.692. The van der Waals surface area contributed by atoms with E-state index in [1.807, 2.05) is 0 Å². The summed E-state index contributed by atoms with van der Waals surface area (Å²) in [5.74, 6) is -0.599. The Bertz CT molecular complexity index is 550. The monoisotopic (exact) mass is 305 g/mol. The Morgan fingerprint density at radius 3 is 2.82 bits per heavy atom. The summed E-state index contributed by atoms with van der Waals surface area (Å²) < 4.78 is 5.36. The highest BCUT2D eigenvalue weighted by Gasteiger charge is 2.36. The Kier molecular flexibility index (Phi) is 5.57. The molecule has 1 aromatic carbocycles. The van der Waals surface area contributed by atoms with Gasteiger partial charge in [0.2, 0.25) is 5.91 Å². The van der Waals surface area contributed by atoms with Gasteiger partial charge in [0.05, 0.1) is 12.4 Å². The van der Waals surface area contributed by atoms with Crippen molar-refractivity contribution in [1.82, 2.24) is 5.32 Å². The van der Waals surface area contributed by atoms with E-state index < -0.39 is 13.1 Å². The highest BCUT2D eigenvalue weighted by molar-refractivity contribution is 6.45. The molecule has 1 aliphatic heterocycles. The molecular weight excluding hydrogens is 285 g/mol. The molecular formula is C15H20BNO5. The first kappa shape index (κ1) is 16.5. The number of rotatable bonds is 5. The SMILES string of the molecule is CC(=O)C[C@@H]1CC[C@H](NC(=O)Cc2cccc(O)c2)B(O)O1. The minimum atomic E-state index is -1.11. The fourth-order valence-electron chi connectivity index (χ4n) is 2.59. The third-order valence-corrected chi connectivity index (χ3v) is 3.61. The van der Waals surface area contributed by atoms with Crippen molar-refractivity contribution < 1.29 is 24.4 Å². The average molecular weight is 305 g/mol. The molecule has 7 heteroatoms. The van der Waals surface area contributed by atoms with Crippen LogP contribution in [0.4, 0.5) is 0 Å². The molecule has 1 fully saturated rings. The Labute approximate surface area is 129 Å². The third-order valence-electron chi connectivity index (χ3n) is 3.61. The lowest BCUT2D eigenvalue weighted by Crippen LogP contribution is -2.53. The average Bonchev–Trinajstić information content (AvgIpc) is 2.41. The molecule has 118 valence electrons. The maximum absolute atomic E-state index is 12.0. The van der Waals surface area contributed by atoms with Crippen LogP contribution in [0.1, 0.15) is 31.7 Å². The third kappa shape index (κ3) is 4.86. The van der Waals surface area contributed by atoms with E-state index in [9.17, 15) is 19.7 Å². The highest BCUT2D eigenvalue weighted by atomic mass is 16.5. The number of carbonyl (C=O) groups excluding carboxylic acids is 2. The molecule has 0 unspecified atom stereocenters. The molecule has 0 bridgehead atoms. The minimum Gasteiger partial charge on any atom is -0.508 e. The lowest BCUT2D eigenvalue weighted by atomic mass is 9.72. The van der Waals surface area contributed by atoms with E-state index >= 15 is 0 Å². The molecule has 0 spiro atoms. The molecule has 1 aromatic rings. The molecule has 22 heavy (non-hydrogen) atoms. The van der Waals surface area contributed by atoms with Gasteiger partial charge in [-0.15, -0.1) is 0 Å². The number of ketones is 1. The van der Waals surface area contributed by atoms with Gasteiger partial charge in [-0.25, -0.2) is 0 Å². The van der Waals surface area contributed by atoms with Crippen LogP contribution in [0.2, 0.25) is 0 Å². The molecule has 6 nitrogen and oxygen atoms in total. The van der Waals surface area contributed by atoms with Crippen molar-refractivity contribution in [3.8, 4) is 5.75 Å². The summed E-state index contributed by atoms with van der Waals surface area (Å²) in [5, 5.41) is 22.0. The normalized spacial score (nSPS) is 21.5. The molecule has 3 N–H and O–H groups in total. The predicted molar refractivity (Wildman–Crippen MR) is 81.1 cm³/mol. The highest BCUT2D eigenvalue weighted by Crippen LogP contribution is 2.19. The number of nitrogens with one attached hydrogen (secondary N) is 1. The number of phenolic OH excluding ortho intramolecular Hbond substituents is 1. The first-order valence-corrected chi connectivity index (χ1v) is 7.34.